The second-order valence-corrected chi connectivity index (χ2v) is 5.05. The molecule has 1 aliphatic rings. The van der Waals surface area contributed by atoms with E-state index in [0.717, 1.165) is 24.1 Å². The van der Waals surface area contributed by atoms with E-state index in [0.29, 0.717) is 0 Å². The van der Waals surface area contributed by atoms with Crippen LogP contribution in [0.2, 0.25) is 0 Å². The molecule has 0 aliphatic heterocycles. The average Bonchev–Trinajstić information content (AvgIpc) is 2.43. The van der Waals surface area contributed by atoms with Crippen molar-refractivity contribution in [3.8, 4) is 0 Å². The number of anilines is 1. The van der Waals surface area contributed by atoms with Crippen LogP contribution in [0.4, 0.5) is 14.5 Å². The van der Waals surface area contributed by atoms with Gasteiger partial charge in [-0.25, -0.2) is 13.6 Å². The Morgan fingerprint density at radius 3 is 2.76 bits per heavy atom. The van der Waals surface area contributed by atoms with Crippen LogP contribution in [0.25, 0.3) is 0 Å². The number of nitrogen functional groups attached to an aromatic ring is 1. The lowest BCUT2D eigenvalue weighted by molar-refractivity contribution is 0.0464. The largest absolute Gasteiger partial charge is 0.461 e. The molecule has 0 radical (unpaired) electrons. The SMILES string of the molecule is Nc1cc(F)c(C(=O)OCC2Cc3ccccc32)cc1F. The third kappa shape index (κ3) is 2.46. The van der Waals surface area contributed by atoms with Gasteiger partial charge >= 0.3 is 5.97 Å². The Morgan fingerprint density at radius 2 is 2.00 bits per heavy atom. The number of nitrogens with two attached hydrogens (primary N) is 1. The molecule has 1 atom stereocenters. The number of halogens is 2. The molecule has 1 unspecified atom stereocenters. The molecule has 2 N–H and O–H groups in total. The fraction of sp³-hybridized carbons (Fsp3) is 0.188. The van der Waals surface area contributed by atoms with E-state index in [2.05, 4.69) is 0 Å². The zero-order chi connectivity index (χ0) is 15.0. The highest BCUT2D eigenvalue weighted by Gasteiger charge is 2.27. The molecule has 0 fully saturated rings. The molecule has 0 amide bonds. The molecule has 3 nitrogen and oxygen atoms in total. The van der Waals surface area contributed by atoms with Crippen LogP contribution in [0.15, 0.2) is 36.4 Å². The van der Waals surface area contributed by atoms with E-state index in [1.165, 1.54) is 5.56 Å². The van der Waals surface area contributed by atoms with Crippen molar-refractivity contribution in [2.24, 2.45) is 0 Å². The summed E-state index contributed by atoms with van der Waals surface area (Å²) in [6, 6.07) is 9.41. The third-order valence-electron chi connectivity index (χ3n) is 3.68. The Kier molecular flexibility index (Phi) is 3.33. The van der Waals surface area contributed by atoms with Crippen molar-refractivity contribution in [1.29, 1.82) is 0 Å². The zero-order valence-electron chi connectivity index (χ0n) is 11.1. The van der Waals surface area contributed by atoms with Crippen molar-refractivity contribution >= 4 is 11.7 Å². The fourth-order valence-electron chi connectivity index (χ4n) is 2.48. The molecule has 0 spiro atoms. The van der Waals surface area contributed by atoms with Crippen LogP contribution >= 0.6 is 0 Å². The summed E-state index contributed by atoms with van der Waals surface area (Å²) >= 11 is 0. The predicted molar refractivity (Wildman–Crippen MR) is 73.9 cm³/mol. The topological polar surface area (TPSA) is 52.3 Å². The monoisotopic (exact) mass is 289 g/mol. The van der Waals surface area contributed by atoms with Gasteiger partial charge in [-0.3, -0.25) is 0 Å². The molecule has 0 heterocycles. The van der Waals surface area contributed by atoms with Crippen molar-refractivity contribution < 1.29 is 18.3 Å². The van der Waals surface area contributed by atoms with Gasteiger partial charge in [-0.15, -0.1) is 0 Å². The highest BCUT2D eigenvalue weighted by atomic mass is 19.1. The van der Waals surface area contributed by atoms with Crippen LogP contribution in [-0.4, -0.2) is 12.6 Å². The van der Waals surface area contributed by atoms with E-state index in [-0.39, 0.29) is 18.2 Å². The second-order valence-electron chi connectivity index (χ2n) is 5.05. The lowest BCUT2D eigenvalue weighted by atomic mass is 9.78. The van der Waals surface area contributed by atoms with Gasteiger partial charge in [0, 0.05) is 12.0 Å². The Labute approximate surface area is 120 Å². The summed E-state index contributed by atoms with van der Waals surface area (Å²) in [7, 11) is 0. The Balaban J connectivity index is 1.67. The minimum Gasteiger partial charge on any atom is -0.461 e. The molecule has 0 aromatic heterocycles. The summed E-state index contributed by atoms with van der Waals surface area (Å²) in [5.74, 6) is -2.48. The standard InChI is InChI=1S/C16H13F2NO2/c17-13-7-15(19)14(18)6-12(13)16(20)21-8-10-5-9-3-1-2-4-11(9)10/h1-4,6-7,10H,5,8,19H2. The number of ether oxygens (including phenoxy) is 1. The molecule has 5 heteroatoms. The van der Waals surface area contributed by atoms with Gasteiger partial charge in [0.25, 0.3) is 0 Å². The first-order valence-electron chi connectivity index (χ1n) is 6.55. The molecular weight excluding hydrogens is 276 g/mol. The Morgan fingerprint density at radius 1 is 1.24 bits per heavy atom. The van der Waals surface area contributed by atoms with Crippen LogP contribution in [-0.2, 0) is 11.2 Å². The van der Waals surface area contributed by atoms with E-state index >= 15 is 0 Å². The van der Waals surface area contributed by atoms with E-state index in [1.54, 1.807) is 0 Å². The van der Waals surface area contributed by atoms with Gasteiger partial charge in [0.15, 0.2) is 0 Å². The van der Waals surface area contributed by atoms with Crippen molar-refractivity contribution in [3.63, 3.8) is 0 Å². The van der Waals surface area contributed by atoms with Gasteiger partial charge < -0.3 is 10.5 Å². The van der Waals surface area contributed by atoms with Crippen molar-refractivity contribution in [2.45, 2.75) is 12.3 Å². The summed E-state index contributed by atoms with van der Waals surface area (Å²) in [5.41, 5.74) is 6.82. The molecule has 3 rings (SSSR count). The predicted octanol–water partition coefficient (Wildman–Crippen LogP) is 3.04. The zero-order valence-corrected chi connectivity index (χ0v) is 11.1. The van der Waals surface area contributed by atoms with Crippen LogP contribution in [0.5, 0.6) is 0 Å². The Hall–Kier alpha value is -2.43. The van der Waals surface area contributed by atoms with Gasteiger partial charge in [-0.2, -0.15) is 0 Å². The minimum absolute atomic E-state index is 0.117. The normalized spacial score (nSPS) is 16.0. The summed E-state index contributed by atoms with van der Waals surface area (Å²) in [6.45, 7) is 0.154. The smallest absolute Gasteiger partial charge is 0.341 e. The number of fused-ring (bicyclic) bond motifs is 1. The quantitative estimate of drug-likeness (QED) is 0.698. The van der Waals surface area contributed by atoms with Gasteiger partial charge in [0.1, 0.15) is 11.6 Å². The minimum atomic E-state index is -0.882. The van der Waals surface area contributed by atoms with Gasteiger partial charge in [-0.1, -0.05) is 24.3 Å². The fourth-order valence-corrected chi connectivity index (χ4v) is 2.48. The van der Waals surface area contributed by atoms with Crippen molar-refractivity contribution in [3.05, 3.63) is 64.7 Å². The first-order chi connectivity index (χ1) is 10.1. The molecular formula is C16H13F2NO2. The molecule has 0 bridgehead atoms. The maximum absolute atomic E-state index is 13.6. The first-order valence-corrected chi connectivity index (χ1v) is 6.55. The van der Waals surface area contributed by atoms with Gasteiger partial charge in [0.05, 0.1) is 17.9 Å². The number of carbonyl (C=O) groups is 1. The number of hydrogen-bond donors (Lipinski definition) is 1. The first kappa shape index (κ1) is 13.5. The van der Waals surface area contributed by atoms with E-state index in [1.807, 2.05) is 24.3 Å². The molecule has 2 aromatic carbocycles. The summed E-state index contributed by atoms with van der Waals surface area (Å²) in [6.07, 6.45) is 0.821. The third-order valence-corrected chi connectivity index (χ3v) is 3.68. The van der Waals surface area contributed by atoms with Gasteiger partial charge in [0.2, 0.25) is 0 Å². The van der Waals surface area contributed by atoms with E-state index in [9.17, 15) is 13.6 Å². The van der Waals surface area contributed by atoms with E-state index < -0.39 is 23.2 Å². The number of esters is 1. The lowest BCUT2D eigenvalue weighted by Crippen LogP contribution is -2.23. The molecule has 21 heavy (non-hydrogen) atoms. The molecule has 0 saturated carbocycles. The van der Waals surface area contributed by atoms with Crippen LogP contribution in [0.1, 0.15) is 27.4 Å². The number of carbonyl (C=O) groups excluding carboxylic acids is 1. The molecule has 108 valence electrons. The molecule has 0 saturated heterocycles. The number of benzene rings is 2. The summed E-state index contributed by atoms with van der Waals surface area (Å²) in [5, 5.41) is 0. The number of rotatable bonds is 3. The highest BCUT2D eigenvalue weighted by molar-refractivity contribution is 5.90. The summed E-state index contributed by atoms with van der Waals surface area (Å²) < 4.78 is 32.0. The van der Waals surface area contributed by atoms with Gasteiger partial charge in [-0.05, 0) is 23.6 Å². The van der Waals surface area contributed by atoms with Crippen LogP contribution < -0.4 is 5.73 Å². The summed E-state index contributed by atoms with van der Waals surface area (Å²) in [4.78, 5) is 11.8. The highest BCUT2D eigenvalue weighted by Crippen LogP contribution is 2.35. The van der Waals surface area contributed by atoms with E-state index in [4.69, 9.17) is 10.5 Å². The second kappa shape index (κ2) is 5.16. The Bertz CT molecular complexity index is 715. The van der Waals surface area contributed by atoms with Crippen LogP contribution in [0.3, 0.4) is 0 Å². The maximum Gasteiger partial charge on any atom is 0.341 e. The molecule has 2 aromatic rings. The molecule has 1 aliphatic carbocycles. The van der Waals surface area contributed by atoms with Crippen molar-refractivity contribution in [1.82, 2.24) is 0 Å². The maximum atomic E-state index is 13.6. The number of hydrogen-bond acceptors (Lipinski definition) is 3. The lowest BCUT2D eigenvalue weighted by Gasteiger charge is -2.29. The van der Waals surface area contributed by atoms with Crippen LogP contribution in [0, 0.1) is 11.6 Å². The average molecular weight is 289 g/mol. The van der Waals surface area contributed by atoms with Crippen molar-refractivity contribution in [2.75, 3.05) is 12.3 Å².